The van der Waals surface area contributed by atoms with Gasteiger partial charge in [-0.2, -0.15) is 5.26 Å². The van der Waals surface area contributed by atoms with Gasteiger partial charge in [-0.25, -0.2) is 4.98 Å². The Kier molecular flexibility index (Phi) is 4.91. The van der Waals surface area contributed by atoms with Gasteiger partial charge in [0.05, 0.1) is 24.5 Å². The fourth-order valence-corrected chi connectivity index (χ4v) is 3.15. The normalized spacial score (nSPS) is 17.3. The van der Waals surface area contributed by atoms with E-state index in [2.05, 4.69) is 11.1 Å². The van der Waals surface area contributed by atoms with E-state index in [9.17, 15) is 0 Å². The summed E-state index contributed by atoms with van der Waals surface area (Å²) in [5.74, 6) is 0.547. The first-order valence-electron chi connectivity index (χ1n) is 9.08. The number of oxazole rings is 1. The Balaban J connectivity index is 1.49. The summed E-state index contributed by atoms with van der Waals surface area (Å²) in [6.07, 6.45) is 6.67. The zero-order valence-corrected chi connectivity index (χ0v) is 15.1. The number of hydrogen-bond donors (Lipinski definition) is 0. The number of fused-ring (bicyclic) bond motifs is 1. The first-order valence-corrected chi connectivity index (χ1v) is 9.08. The van der Waals surface area contributed by atoms with Crippen LogP contribution in [0.5, 0.6) is 0 Å². The molecule has 1 saturated heterocycles. The Morgan fingerprint density at radius 1 is 1.22 bits per heavy atom. The van der Waals surface area contributed by atoms with Crippen LogP contribution in [0.25, 0.3) is 28.6 Å². The molecule has 0 aliphatic carbocycles. The van der Waals surface area contributed by atoms with Crippen molar-refractivity contribution in [1.82, 2.24) is 4.98 Å². The molecule has 0 amide bonds. The molecule has 3 aromatic rings. The van der Waals surface area contributed by atoms with Crippen LogP contribution in [0.2, 0.25) is 0 Å². The van der Waals surface area contributed by atoms with Crippen molar-refractivity contribution < 1.29 is 13.9 Å². The van der Waals surface area contributed by atoms with Crippen LogP contribution in [0.15, 0.2) is 47.1 Å². The average molecular weight is 360 g/mol. The lowest BCUT2D eigenvalue weighted by Gasteiger charge is -2.21. The highest BCUT2D eigenvalue weighted by molar-refractivity contribution is 5.81. The molecule has 5 nitrogen and oxygen atoms in total. The van der Waals surface area contributed by atoms with Crippen molar-refractivity contribution >= 4 is 17.2 Å². The van der Waals surface area contributed by atoms with Gasteiger partial charge in [0.2, 0.25) is 5.89 Å². The van der Waals surface area contributed by atoms with Gasteiger partial charge in [0, 0.05) is 12.0 Å². The molecule has 1 aliphatic rings. The molecule has 4 rings (SSSR count). The number of aromatic nitrogens is 1. The van der Waals surface area contributed by atoms with Crippen LogP contribution in [0, 0.1) is 18.3 Å². The standard InChI is InChI=1S/C22H20N2O3/c1-15-12-17(14-23)13-19-21(15)27-22(24-19)18-7-5-16(6-8-18)9-11-26-20-4-2-3-10-25-20/h5-9,11-13,20H,2-4,10H2,1H3. The van der Waals surface area contributed by atoms with Crippen LogP contribution < -0.4 is 0 Å². The van der Waals surface area contributed by atoms with E-state index in [0.29, 0.717) is 22.6 Å². The molecule has 2 heterocycles. The van der Waals surface area contributed by atoms with Crippen molar-refractivity contribution in [1.29, 1.82) is 5.26 Å². The summed E-state index contributed by atoms with van der Waals surface area (Å²) >= 11 is 0. The summed E-state index contributed by atoms with van der Waals surface area (Å²) in [7, 11) is 0. The zero-order chi connectivity index (χ0) is 18.6. The van der Waals surface area contributed by atoms with Crippen molar-refractivity contribution in [2.75, 3.05) is 6.61 Å². The molecule has 5 heteroatoms. The van der Waals surface area contributed by atoms with Crippen molar-refractivity contribution in [2.45, 2.75) is 32.5 Å². The van der Waals surface area contributed by atoms with Gasteiger partial charge in [0.15, 0.2) is 11.9 Å². The summed E-state index contributed by atoms with van der Waals surface area (Å²) < 4.78 is 17.1. The van der Waals surface area contributed by atoms with Crippen LogP contribution in [0.1, 0.15) is 36.0 Å². The van der Waals surface area contributed by atoms with Crippen LogP contribution in [-0.2, 0) is 9.47 Å². The third-order valence-corrected chi connectivity index (χ3v) is 4.59. The van der Waals surface area contributed by atoms with Crippen molar-refractivity contribution in [2.24, 2.45) is 0 Å². The third-order valence-electron chi connectivity index (χ3n) is 4.59. The number of hydrogen-bond acceptors (Lipinski definition) is 5. The van der Waals surface area contributed by atoms with Crippen LogP contribution in [0.3, 0.4) is 0 Å². The molecular formula is C22H20N2O3. The second kappa shape index (κ2) is 7.65. The highest BCUT2D eigenvalue weighted by Gasteiger charge is 2.13. The fraction of sp³-hybridized carbons (Fsp3) is 0.273. The molecule has 0 spiro atoms. The number of aryl methyl sites for hydroxylation is 1. The largest absolute Gasteiger partial charge is 0.473 e. The highest BCUT2D eigenvalue weighted by atomic mass is 16.7. The number of benzene rings is 2. The first kappa shape index (κ1) is 17.3. The van der Waals surface area contributed by atoms with Gasteiger partial charge in [-0.3, -0.25) is 0 Å². The minimum absolute atomic E-state index is 0.129. The third kappa shape index (κ3) is 3.86. The van der Waals surface area contributed by atoms with E-state index < -0.39 is 0 Å². The van der Waals surface area contributed by atoms with E-state index in [4.69, 9.17) is 19.2 Å². The van der Waals surface area contributed by atoms with Gasteiger partial charge in [-0.15, -0.1) is 0 Å². The number of nitrogens with zero attached hydrogens (tertiary/aromatic N) is 2. The molecule has 1 aromatic heterocycles. The molecule has 0 N–H and O–H groups in total. The number of ether oxygens (including phenoxy) is 2. The summed E-state index contributed by atoms with van der Waals surface area (Å²) in [4.78, 5) is 4.53. The Morgan fingerprint density at radius 2 is 2.07 bits per heavy atom. The minimum atomic E-state index is -0.129. The molecule has 1 fully saturated rings. The number of rotatable bonds is 4. The maximum absolute atomic E-state index is 9.10. The average Bonchev–Trinajstić information content (AvgIpc) is 3.14. The summed E-state index contributed by atoms with van der Waals surface area (Å²) in [5, 5.41) is 9.10. The second-order valence-electron chi connectivity index (χ2n) is 6.63. The quantitative estimate of drug-likeness (QED) is 0.599. The lowest BCUT2D eigenvalue weighted by Crippen LogP contribution is -2.19. The van der Waals surface area contributed by atoms with E-state index in [1.54, 1.807) is 18.4 Å². The first-order chi connectivity index (χ1) is 13.2. The molecule has 0 saturated carbocycles. The van der Waals surface area contributed by atoms with Crippen LogP contribution >= 0.6 is 0 Å². The SMILES string of the molecule is Cc1cc(C#N)cc2nc(-c3ccc(C=COC4CCCCO4)cc3)oc12. The molecular weight excluding hydrogens is 340 g/mol. The molecule has 0 radical (unpaired) electrons. The molecule has 27 heavy (non-hydrogen) atoms. The predicted molar refractivity (Wildman–Crippen MR) is 103 cm³/mol. The topological polar surface area (TPSA) is 68.3 Å². The zero-order valence-electron chi connectivity index (χ0n) is 15.1. The van der Waals surface area contributed by atoms with Gasteiger partial charge in [-0.05, 0) is 61.2 Å². The second-order valence-corrected chi connectivity index (χ2v) is 6.63. The van der Waals surface area contributed by atoms with Crippen molar-refractivity contribution in [3.05, 3.63) is 59.4 Å². The Labute approximate surface area is 157 Å². The number of nitriles is 1. The molecule has 2 aromatic carbocycles. The van der Waals surface area contributed by atoms with Gasteiger partial charge in [0.1, 0.15) is 5.52 Å². The van der Waals surface area contributed by atoms with E-state index >= 15 is 0 Å². The van der Waals surface area contributed by atoms with E-state index in [1.807, 2.05) is 37.3 Å². The Bertz CT molecular complexity index is 1010. The highest BCUT2D eigenvalue weighted by Crippen LogP contribution is 2.27. The van der Waals surface area contributed by atoms with Crippen LogP contribution in [-0.4, -0.2) is 17.9 Å². The summed E-state index contributed by atoms with van der Waals surface area (Å²) in [6.45, 7) is 2.69. The molecule has 136 valence electrons. The maximum Gasteiger partial charge on any atom is 0.227 e. The monoisotopic (exact) mass is 360 g/mol. The lowest BCUT2D eigenvalue weighted by molar-refractivity contribution is -0.129. The molecule has 1 atom stereocenters. The van der Waals surface area contributed by atoms with E-state index in [1.165, 1.54) is 0 Å². The van der Waals surface area contributed by atoms with Crippen molar-refractivity contribution in [3.63, 3.8) is 0 Å². The van der Waals surface area contributed by atoms with E-state index in [-0.39, 0.29) is 6.29 Å². The predicted octanol–water partition coefficient (Wildman–Crippen LogP) is 5.19. The molecule has 1 aliphatic heterocycles. The van der Waals surface area contributed by atoms with Gasteiger partial charge in [0.25, 0.3) is 0 Å². The Hall–Kier alpha value is -3.10. The summed E-state index contributed by atoms with van der Waals surface area (Å²) in [5.41, 5.74) is 4.82. The Morgan fingerprint density at radius 3 is 2.81 bits per heavy atom. The molecule has 0 bridgehead atoms. The van der Waals surface area contributed by atoms with E-state index in [0.717, 1.165) is 42.6 Å². The molecule has 1 unspecified atom stereocenters. The smallest absolute Gasteiger partial charge is 0.227 e. The van der Waals surface area contributed by atoms with Crippen LogP contribution in [0.4, 0.5) is 0 Å². The maximum atomic E-state index is 9.10. The summed E-state index contributed by atoms with van der Waals surface area (Å²) in [6, 6.07) is 13.6. The lowest BCUT2D eigenvalue weighted by atomic mass is 10.1. The van der Waals surface area contributed by atoms with Gasteiger partial charge >= 0.3 is 0 Å². The van der Waals surface area contributed by atoms with Gasteiger partial charge < -0.3 is 13.9 Å². The van der Waals surface area contributed by atoms with Crippen molar-refractivity contribution in [3.8, 4) is 17.5 Å². The fourth-order valence-electron chi connectivity index (χ4n) is 3.15. The minimum Gasteiger partial charge on any atom is -0.473 e. The van der Waals surface area contributed by atoms with Gasteiger partial charge in [-0.1, -0.05) is 12.1 Å².